The third-order valence-corrected chi connectivity index (χ3v) is 6.12. The van der Waals surface area contributed by atoms with E-state index in [4.69, 9.17) is 0 Å². The Bertz CT molecular complexity index is 970. The number of allylic oxidation sites excluding steroid dienone is 12. The molecule has 0 amide bonds. The van der Waals surface area contributed by atoms with Crippen molar-refractivity contribution in [1.29, 1.82) is 0 Å². The molecule has 0 unspecified atom stereocenters. The molecule has 3 aliphatic carbocycles. The van der Waals surface area contributed by atoms with Crippen LogP contribution in [0.25, 0.3) is 0 Å². The van der Waals surface area contributed by atoms with Crippen LogP contribution in [-0.2, 0) is 39.0 Å². The molecule has 0 saturated carbocycles. The summed E-state index contributed by atoms with van der Waals surface area (Å²) in [4.78, 5) is 0. The average molecular weight is 598 g/mol. The molecule has 5 rings (SSSR count). The molecule has 38 heavy (non-hydrogen) atoms. The molecular weight excluding hydrogens is 552 g/mol. The number of hydrogen-bond acceptors (Lipinski definition) is 0. The first-order valence-corrected chi connectivity index (χ1v) is 15.7. The van der Waals surface area contributed by atoms with Gasteiger partial charge in [0.05, 0.1) is 0 Å². The van der Waals surface area contributed by atoms with Crippen LogP contribution in [0.1, 0.15) is 58.6 Å². The molecule has 2 aromatic carbocycles. The van der Waals surface area contributed by atoms with Crippen molar-refractivity contribution in [3.8, 4) is 0 Å². The zero-order valence-corrected chi connectivity index (χ0v) is 28.3. The first kappa shape index (κ1) is 36.0. The van der Waals surface area contributed by atoms with Gasteiger partial charge in [0.1, 0.15) is 0 Å². The molecule has 2 heteroatoms. The standard InChI is InChI=1S/C14H14.C10H15.2C5H5.C2H7Si.Zr/c1-3-7-13(8-4-1)11-12-14-9-5-2-6-10-14;1-7-6-10(4,5)9(3)8(7)2;2*1-2-4-5-3-1;1-3-2;/h1-10H,11-12H2;1-5H3;2*1-3H,4H2;3H,1-2H3;/q;3*-1;;+3. The first-order valence-electron chi connectivity index (χ1n) is 13.4. The summed E-state index contributed by atoms with van der Waals surface area (Å²) < 4.78 is 0. The second kappa shape index (κ2) is 21.9. The summed E-state index contributed by atoms with van der Waals surface area (Å²) in [5.74, 6) is 0. The minimum atomic E-state index is 0. The Morgan fingerprint density at radius 2 is 1.11 bits per heavy atom. The van der Waals surface area contributed by atoms with E-state index in [-0.39, 0.29) is 31.6 Å². The van der Waals surface area contributed by atoms with Gasteiger partial charge < -0.3 is 0 Å². The molecule has 0 N–H and O–H groups in total. The van der Waals surface area contributed by atoms with Crippen molar-refractivity contribution >= 4 is 9.52 Å². The van der Waals surface area contributed by atoms with Crippen molar-refractivity contribution in [2.75, 3.05) is 0 Å². The summed E-state index contributed by atoms with van der Waals surface area (Å²) >= 11 is 0. The smallest absolute Gasteiger partial charge is 0.273 e. The largest absolute Gasteiger partial charge is 3.00 e. The maximum Gasteiger partial charge on any atom is 3.00 e. The summed E-state index contributed by atoms with van der Waals surface area (Å²) in [6, 6.07) is 21.2. The van der Waals surface area contributed by atoms with E-state index in [0.29, 0.717) is 0 Å². The van der Waals surface area contributed by atoms with E-state index in [2.05, 4.69) is 139 Å². The van der Waals surface area contributed by atoms with Gasteiger partial charge in [-0.3, -0.25) is 18.2 Å². The second-order valence-electron chi connectivity index (χ2n) is 9.68. The van der Waals surface area contributed by atoms with Gasteiger partial charge in [0.2, 0.25) is 0 Å². The molecule has 198 valence electrons. The predicted molar refractivity (Wildman–Crippen MR) is 167 cm³/mol. The Morgan fingerprint density at radius 3 is 1.29 bits per heavy atom. The quantitative estimate of drug-likeness (QED) is 0.244. The first-order chi connectivity index (χ1) is 17.8. The fourth-order valence-corrected chi connectivity index (χ4v) is 3.66. The SMILES string of the molecule is CC1=[C-]C(C)(C)C(C)=C1C.C[SiH]C.[C-]1=CC=CC1.[C-]1=CC=CC1.[Zr+3].c1ccc(CCc2ccccc2)cc1. The van der Waals surface area contributed by atoms with Crippen molar-refractivity contribution in [1.82, 2.24) is 0 Å². The van der Waals surface area contributed by atoms with E-state index in [1.54, 1.807) is 0 Å². The van der Waals surface area contributed by atoms with Crippen LogP contribution in [-0.4, -0.2) is 9.52 Å². The molecule has 0 aliphatic heterocycles. The fourth-order valence-electron chi connectivity index (χ4n) is 3.66. The van der Waals surface area contributed by atoms with Crippen LogP contribution in [0.15, 0.2) is 114 Å². The molecule has 0 saturated heterocycles. The second-order valence-corrected chi connectivity index (χ2v) is 10.8. The Labute approximate surface area is 256 Å². The van der Waals surface area contributed by atoms with Crippen molar-refractivity contribution < 1.29 is 26.2 Å². The molecule has 2 radical (unpaired) electrons. The minimum absolute atomic E-state index is 0. The van der Waals surface area contributed by atoms with Crippen molar-refractivity contribution in [2.45, 2.75) is 73.4 Å². The zero-order valence-electron chi connectivity index (χ0n) is 24.6. The molecule has 3 aliphatic rings. The number of aryl methyl sites for hydroxylation is 2. The molecular formula is C36H46SiZr. The Kier molecular flexibility index (Phi) is 20.7. The minimum Gasteiger partial charge on any atom is -0.273 e. The molecule has 0 spiro atoms. The molecule has 2 aromatic rings. The van der Waals surface area contributed by atoms with Crippen LogP contribution < -0.4 is 0 Å². The summed E-state index contributed by atoms with van der Waals surface area (Å²) in [5.41, 5.74) is 7.22. The topological polar surface area (TPSA) is 0 Å². The van der Waals surface area contributed by atoms with Gasteiger partial charge in [-0.25, -0.2) is 29.9 Å². The third kappa shape index (κ3) is 16.1. The van der Waals surface area contributed by atoms with Crippen LogP contribution in [0.3, 0.4) is 0 Å². The Hall–Kier alpha value is -2.02. The number of benzene rings is 2. The average Bonchev–Trinajstić information content (AvgIpc) is 3.70. The summed E-state index contributed by atoms with van der Waals surface area (Å²) in [5, 5.41) is 0. The van der Waals surface area contributed by atoms with Crippen molar-refractivity contribution in [3.05, 3.63) is 143 Å². The van der Waals surface area contributed by atoms with Gasteiger partial charge in [-0.1, -0.05) is 107 Å². The van der Waals surface area contributed by atoms with E-state index in [0.717, 1.165) is 35.2 Å². The van der Waals surface area contributed by atoms with Crippen molar-refractivity contribution in [2.24, 2.45) is 5.41 Å². The molecule has 0 heterocycles. The molecule has 0 fully saturated rings. The van der Waals surface area contributed by atoms with Gasteiger partial charge in [0.25, 0.3) is 0 Å². The number of hydrogen-bond donors (Lipinski definition) is 0. The van der Waals surface area contributed by atoms with Crippen LogP contribution in [0.5, 0.6) is 0 Å². The van der Waals surface area contributed by atoms with E-state index in [1.807, 2.05) is 24.3 Å². The third-order valence-electron chi connectivity index (χ3n) is 6.12. The Balaban J connectivity index is 0.000000497. The van der Waals surface area contributed by atoms with Gasteiger partial charge in [-0.05, 0) is 24.0 Å². The van der Waals surface area contributed by atoms with E-state index < -0.39 is 0 Å². The van der Waals surface area contributed by atoms with E-state index in [1.165, 1.54) is 27.8 Å². The summed E-state index contributed by atoms with van der Waals surface area (Å²) in [7, 11) is 0.750. The van der Waals surface area contributed by atoms with E-state index in [9.17, 15) is 0 Å². The fraction of sp³-hybridized carbons (Fsp3) is 0.333. The Morgan fingerprint density at radius 1 is 0.711 bits per heavy atom. The van der Waals surface area contributed by atoms with Crippen molar-refractivity contribution in [3.63, 3.8) is 0 Å². The monoisotopic (exact) mass is 596 g/mol. The molecule has 0 bridgehead atoms. The van der Waals surface area contributed by atoms with Crippen LogP contribution in [0.2, 0.25) is 13.1 Å². The van der Waals surface area contributed by atoms with Gasteiger partial charge in [-0.15, -0.1) is 19.8 Å². The summed E-state index contributed by atoms with van der Waals surface area (Å²) in [6.07, 6.45) is 25.7. The maximum atomic E-state index is 3.44. The van der Waals surface area contributed by atoms with Gasteiger partial charge >= 0.3 is 26.2 Å². The van der Waals surface area contributed by atoms with E-state index >= 15 is 0 Å². The van der Waals surface area contributed by atoms with Gasteiger partial charge in [0.15, 0.2) is 0 Å². The van der Waals surface area contributed by atoms with Crippen LogP contribution >= 0.6 is 0 Å². The zero-order chi connectivity index (χ0) is 27.4. The van der Waals surface area contributed by atoms with Crippen LogP contribution in [0, 0.1) is 23.6 Å². The number of rotatable bonds is 3. The molecule has 0 atom stereocenters. The maximum absolute atomic E-state index is 3.44. The van der Waals surface area contributed by atoms with Gasteiger partial charge in [-0.2, -0.15) is 23.3 Å². The molecule has 0 aromatic heterocycles. The normalized spacial score (nSPS) is 15.0. The summed E-state index contributed by atoms with van der Waals surface area (Å²) in [6.45, 7) is 15.3. The van der Waals surface area contributed by atoms with Gasteiger partial charge in [0, 0.05) is 9.52 Å². The molecule has 0 nitrogen and oxygen atoms in total. The predicted octanol–water partition coefficient (Wildman–Crippen LogP) is 9.71. The van der Waals surface area contributed by atoms with Crippen LogP contribution in [0.4, 0.5) is 0 Å².